The van der Waals surface area contributed by atoms with Crippen LogP contribution in [-0.4, -0.2) is 19.9 Å². The molecule has 0 unspecified atom stereocenters. The molecule has 0 aliphatic heterocycles. The van der Waals surface area contributed by atoms with Crippen LogP contribution in [0.3, 0.4) is 0 Å². The van der Waals surface area contributed by atoms with E-state index in [1.165, 1.54) is 12.8 Å². The molecule has 96 valence electrons. The Morgan fingerprint density at radius 3 is 2.50 bits per heavy atom. The van der Waals surface area contributed by atoms with Gasteiger partial charge in [-0.3, -0.25) is 14.8 Å². The van der Waals surface area contributed by atoms with Crippen LogP contribution in [0.2, 0.25) is 0 Å². The lowest BCUT2D eigenvalue weighted by Crippen LogP contribution is -2.21. The van der Waals surface area contributed by atoms with Gasteiger partial charge in [0.25, 0.3) is 5.56 Å². The Hall–Kier alpha value is -1.85. The van der Waals surface area contributed by atoms with Crippen molar-refractivity contribution in [2.45, 2.75) is 38.5 Å². The second kappa shape index (κ2) is 4.12. The molecular weight excluding hydrogens is 232 g/mol. The van der Waals surface area contributed by atoms with Crippen molar-refractivity contribution >= 4 is 11.2 Å². The maximum Gasteiger partial charge on any atom is 0.327 e. The SMILES string of the molecule is CC1CCC(c2nc3[nH]c(=O)[nH]c(=O)c3[nH]2)CC1. The summed E-state index contributed by atoms with van der Waals surface area (Å²) in [6.07, 6.45) is 4.55. The number of rotatable bonds is 1. The van der Waals surface area contributed by atoms with Crippen molar-refractivity contribution in [3.05, 3.63) is 26.7 Å². The summed E-state index contributed by atoms with van der Waals surface area (Å²) in [7, 11) is 0. The molecule has 1 aliphatic carbocycles. The fraction of sp³-hybridized carbons (Fsp3) is 0.583. The highest BCUT2D eigenvalue weighted by Gasteiger charge is 2.22. The van der Waals surface area contributed by atoms with Gasteiger partial charge in [0.2, 0.25) is 0 Å². The van der Waals surface area contributed by atoms with Crippen LogP contribution in [0.1, 0.15) is 44.3 Å². The van der Waals surface area contributed by atoms with Crippen LogP contribution in [-0.2, 0) is 0 Å². The summed E-state index contributed by atoms with van der Waals surface area (Å²) in [4.78, 5) is 34.9. The summed E-state index contributed by atoms with van der Waals surface area (Å²) in [5.41, 5.74) is -0.194. The summed E-state index contributed by atoms with van der Waals surface area (Å²) < 4.78 is 0. The number of H-pyrrole nitrogens is 3. The second-order valence-electron chi connectivity index (χ2n) is 5.21. The van der Waals surface area contributed by atoms with Crippen molar-refractivity contribution in [2.24, 2.45) is 5.92 Å². The van der Waals surface area contributed by atoms with Crippen molar-refractivity contribution in [2.75, 3.05) is 0 Å². The molecule has 0 bridgehead atoms. The maximum absolute atomic E-state index is 11.6. The predicted octanol–water partition coefficient (Wildman–Crippen LogP) is 1.23. The van der Waals surface area contributed by atoms with Gasteiger partial charge in [-0.1, -0.05) is 19.8 Å². The van der Waals surface area contributed by atoms with E-state index in [0.717, 1.165) is 24.6 Å². The number of fused-ring (bicyclic) bond motifs is 1. The standard InChI is InChI=1S/C12H16N4O2/c1-6-2-4-7(5-3-6)9-13-8-10(14-9)15-12(18)16-11(8)17/h6-7H,2-5H2,1H3,(H3,13,14,15,16,17,18). The van der Waals surface area contributed by atoms with Gasteiger partial charge in [-0.25, -0.2) is 9.78 Å². The number of aromatic nitrogens is 4. The van der Waals surface area contributed by atoms with E-state index in [1.54, 1.807) is 0 Å². The first-order valence-electron chi connectivity index (χ1n) is 6.35. The molecule has 2 heterocycles. The summed E-state index contributed by atoms with van der Waals surface area (Å²) >= 11 is 0. The third-order valence-corrected chi connectivity index (χ3v) is 3.81. The normalized spacial score (nSPS) is 24.5. The van der Waals surface area contributed by atoms with Gasteiger partial charge in [-0.15, -0.1) is 0 Å². The Kier molecular flexibility index (Phi) is 2.57. The molecule has 0 aromatic carbocycles. The second-order valence-corrected chi connectivity index (χ2v) is 5.21. The molecule has 2 aromatic rings. The molecule has 18 heavy (non-hydrogen) atoms. The van der Waals surface area contributed by atoms with Crippen LogP contribution in [0.5, 0.6) is 0 Å². The highest BCUT2D eigenvalue weighted by molar-refractivity contribution is 5.68. The molecule has 0 atom stereocenters. The molecule has 6 nitrogen and oxygen atoms in total. The third-order valence-electron chi connectivity index (χ3n) is 3.81. The maximum atomic E-state index is 11.6. The lowest BCUT2D eigenvalue weighted by Gasteiger charge is -2.24. The zero-order chi connectivity index (χ0) is 12.7. The fourth-order valence-electron chi connectivity index (χ4n) is 2.68. The number of nitrogens with one attached hydrogen (secondary N) is 3. The van der Waals surface area contributed by atoms with Crippen molar-refractivity contribution in [1.82, 2.24) is 19.9 Å². The van der Waals surface area contributed by atoms with Gasteiger partial charge in [-0.2, -0.15) is 0 Å². The number of imidazole rings is 1. The van der Waals surface area contributed by atoms with E-state index in [4.69, 9.17) is 0 Å². The molecule has 0 radical (unpaired) electrons. The molecule has 6 heteroatoms. The van der Waals surface area contributed by atoms with E-state index in [0.29, 0.717) is 17.1 Å². The predicted molar refractivity (Wildman–Crippen MR) is 67.7 cm³/mol. The summed E-state index contributed by atoms with van der Waals surface area (Å²) in [5.74, 6) is 1.97. The summed E-state index contributed by atoms with van der Waals surface area (Å²) in [6.45, 7) is 2.26. The zero-order valence-electron chi connectivity index (χ0n) is 10.2. The largest absolute Gasteiger partial charge is 0.336 e. The minimum absolute atomic E-state index is 0.359. The van der Waals surface area contributed by atoms with Gasteiger partial charge in [-0.05, 0) is 18.8 Å². The first kappa shape index (κ1) is 11.3. The molecule has 0 amide bonds. The van der Waals surface area contributed by atoms with Crippen molar-refractivity contribution < 1.29 is 0 Å². The topological polar surface area (TPSA) is 94.4 Å². The Morgan fingerprint density at radius 1 is 1.06 bits per heavy atom. The van der Waals surface area contributed by atoms with Crippen LogP contribution >= 0.6 is 0 Å². The van der Waals surface area contributed by atoms with Gasteiger partial charge < -0.3 is 4.98 Å². The molecular formula is C12H16N4O2. The van der Waals surface area contributed by atoms with E-state index in [1.807, 2.05) is 0 Å². The van der Waals surface area contributed by atoms with Crippen LogP contribution < -0.4 is 11.2 Å². The van der Waals surface area contributed by atoms with Gasteiger partial charge in [0.05, 0.1) is 0 Å². The van der Waals surface area contributed by atoms with Crippen molar-refractivity contribution in [3.63, 3.8) is 0 Å². The number of aromatic amines is 3. The van der Waals surface area contributed by atoms with Crippen LogP contribution in [0, 0.1) is 5.92 Å². The molecule has 1 saturated carbocycles. The number of nitrogens with zero attached hydrogens (tertiary/aromatic N) is 1. The average molecular weight is 248 g/mol. The molecule has 1 aliphatic rings. The molecule has 2 aromatic heterocycles. The van der Waals surface area contributed by atoms with Crippen LogP contribution in [0.4, 0.5) is 0 Å². The first-order chi connectivity index (χ1) is 8.63. The first-order valence-corrected chi connectivity index (χ1v) is 6.35. The van der Waals surface area contributed by atoms with E-state index in [9.17, 15) is 9.59 Å². The van der Waals surface area contributed by atoms with E-state index < -0.39 is 11.2 Å². The van der Waals surface area contributed by atoms with Gasteiger partial charge in [0.1, 0.15) is 11.3 Å². The third kappa shape index (κ3) is 1.87. The molecule has 0 spiro atoms. The average Bonchev–Trinajstić information content (AvgIpc) is 2.74. The lowest BCUT2D eigenvalue weighted by molar-refractivity contribution is 0.341. The molecule has 3 N–H and O–H groups in total. The molecule has 0 saturated heterocycles. The quantitative estimate of drug-likeness (QED) is 0.708. The summed E-state index contributed by atoms with van der Waals surface area (Å²) in [6, 6.07) is 0. The monoisotopic (exact) mass is 248 g/mol. The fourth-order valence-corrected chi connectivity index (χ4v) is 2.68. The van der Waals surface area contributed by atoms with Crippen LogP contribution in [0.25, 0.3) is 11.2 Å². The highest BCUT2D eigenvalue weighted by atomic mass is 16.2. The minimum atomic E-state index is -0.511. The van der Waals surface area contributed by atoms with Crippen LogP contribution in [0.15, 0.2) is 9.59 Å². The van der Waals surface area contributed by atoms with E-state index in [-0.39, 0.29) is 0 Å². The van der Waals surface area contributed by atoms with E-state index >= 15 is 0 Å². The highest BCUT2D eigenvalue weighted by Crippen LogP contribution is 2.34. The van der Waals surface area contributed by atoms with Gasteiger partial charge in [0, 0.05) is 5.92 Å². The van der Waals surface area contributed by atoms with Crippen molar-refractivity contribution in [3.8, 4) is 0 Å². The van der Waals surface area contributed by atoms with Gasteiger partial charge in [0.15, 0.2) is 5.65 Å². The Labute approximate surface area is 103 Å². The van der Waals surface area contributed by atoms with Crippen molar-refractivity contribution in [1.29, 1.82) is 0 Å². The zero-order valence-corrected chi connectivity index (χ0v) is 10.2. The molecule has 3 rings (SSSR count). The lowest BCUT2D eigenvalue weighted by atomic mass is 9.83. The Bertz CT molecular complexity index is 673. The van der Waals surface area contributed by atoms with Gasteiger partial charge >= 0.3 is 5.69 Å². The molecule has 1 fully saturated rings. The Morgan fingerprint density at radius 2 is 1.78 bits per heavy atom. The number of hydrogen-bond donors (Lipinski definition) is 3. The Balaban J connectivity index is 2.01. The summed E-state index contributed by atoms with van der Waals surface area (Å²) in [5, 5.41) is 0. The number of hydrogen-bond acceptors (Lipinski definition) is 3. The smallest absolute Gasteiger partial charge is 0.327 e. The van der Waals surface area contributed by atoms with E-state index in [2.05, 4.69) is 26.9 Å². The minimum Gasteiger partial charge on any atom is -0.336 e.